The van der Waals surface area contributed by atoms with Gasteiger partial charge in [0, 0.05) is 18.9 Å². The highest BCUT2D eigenvalue weighted by atomic mass is 32.2. The summed E-state index contributed by atoms with van der Waals surface area (Å²) in [7, 11) is 0. The largest absolute Gasteiger partial charge is 0.480 e. The predicted octanol–water partition coefficient (Wildman–Crippen LogP) is 2.00. The monoisotopic (exact) mass is 318 g/mol. The first-order valence-electron chi connectivity index (χ1n) is 7.47. The molecule has 1 aliphatic heterocycles. The van der Waals surface area contributed by atoms with Crippen LogP contribution in [-0.4, -0.2) is 58.9 Å². The van der Waals surface area contributed by atoms with Crippen molar-refractivity contribution in [2.45, 2.75) is 45.0 Å². The minimum absolute atomic E-state index is 0.0906. The Morgan fingerprint density at radius 3 is 2.71 bits per heavy atom. The van der Waals surface area contributed by atoms with E-state index in [1.807, 2.05) is 13.8 Å². The number of carbonyl (C=O) groups is 2. The third-order valence-corrected chi connectivity index (χ3v) is 4.91. The number of rotatable bonds is 8. The van der Waals surface area contributed by atoms with E-state index in [2.05, 4.69) is 12.2 Å². The number of aliphatic carboxylic acids is 1. The second-order valence-corrected chi connectivity index (χ2v) is 6.58. The van der Waals surface area contributed by atoms with Crippen molar-refractivity contribution in [3.05, 3.63) is 0 Å². The standard InChI is InChI=1S/C14H26N2O4S/c1-4-5-7-20-8-6-15-14(19)16-11(13(17)18)9-21-12(16)10(2)3/h10-12H,4-9H2,1-3H3,(H,15,19)(H,17,18). The van der Waals surface area contributed by atoms with Crippen LogP contribution in [0.5, 0.6) is 0 Å². The van der Waals surface area contributed by atoms with Crippen LogP contribution in [0.4, 0.5) is 4.79 Å². The van der Waals surface area contributed by atoms with E-state index in [9.17, 15) is 14.7 Å². The molecule has 6 nitrogen and oxygen atoms in total. The fraction of sp³-hybridized carbons (Fsp3) is 0.857. The van der Waals surface area contributed by atoms with Crippen molar-refractivity contribution >= 4 is 23.8 Å². The fourth-order valence-electron chi connectivity index (χ4n) is 2.16. The van der Waals surface area contributed by atoms with Crippen LogP contribution in [0.15, 0.2) is 0 Å². The van der Waals surface area contributed by atoms with Crippen LogP contribution in [-0.2, 0) is 9.53 Å². The maximum atomic E-state index is 12.2. The number of hydrogen-bond donors (Lipinski definition) is 2. The van der Waals surface area contributed by atoms with E-state index in [4.69, 9.17) is 4.74 Å². The summed E-state index contributed by atoms with van der Waals surface area (Å²) in [5, 5.41) is 11.9. The van der Waals surface area contributed by atoms with Crippen LogP contribution in [0.3, 0.4) is 0 Å². The predicted molar refractivity (Wildman–Crippen MR) is 83.5 cm³/mol. The Balaban J connectivity index is 2.46. The quantitative estimate of drug-likeness (QED) is 0.669. The summed E-state index contributed by atoms with van der Waals surface area (Å²) < 4.78 is 5.38. The van der Waals surface area contributed by atoms with Gasteiger partial charge in [0.25, 0.3) is 0 Å². The van der Waals surface area contributed by atoms with Gasteiger partial charge < -0.3 is 15.2 Å². The molecule has 1 saturated heterocycles. The van der Waals surface area contributed by atoms with Gasteiger partial charge in [0.1, 0.15) is 6.04 Å². The van der Waals surface area contributed by atoms with Crippen molar-refractivity contribution in [1.82, 2.24) is 10.2 Å². The first-order chi connectivity index (χ1) is 9.99. The highest BCUT2D eigenvalue weighted by Crippen LogP contribution is 2.33. The zero-order valence-electron chi connectivity index (χ0n) is 13.0. The van der Waals surface area contributed by atoms with Gasteiger partial charge in [-0.1, -0.05) is 27.2 Å². The van der Waals surface area contributed by atoms with Crippen molar-refractivity contribution in [1.29, 1.82) is 0 Å². The Labute approximate surface area is 130 Å². The van der Waals surface area contributed by atoms with E-state index in [0.29, 0.717) is 25.5 Å². The van der Waals surface area contributed by atoms with Crippen molar-refractivity contribution in [3.63, 3.8) is 0 Å². The molecule has 0 radical (unpaired) electrons. The zero-order valence-corrected chi connectivity index (χ0v) is 13.8. The number of nitrogens with one attached hydrogen (secondary N) is 1. The highest BCUT2D eigenvalue weighted by Gasteiger charge is 2.42. The van der Waals surface area contributed by atoms with E-state index in [1.54, 1.807) is 0 Å². The highest BCUT2D eigenvalue weighted by molar-refractivity contribution is 8.00. The molecule has 0 saturated carbocycles. The summed E-state index contributed by atoms with van der Waals surface area (Å²) in [6.45, 7) is 7.64. The van der Waals surface area contributed by atoms with Crippen molar-refractivity contribution in [2.24, 2.45) is 5.92 Å². The smallest absolute Gasteiger partial charge is 0.327 e. The number of ether oxygens (including phenoxy) is 1. The minimum atomic E-state index is -0.944. The Bertz CT molecular complexity index is 352. The van der Waals surface area contributed by atoms with E-state index < -0.39 is 12.0 Å². The van der Waals surface area contributed by atoms with Gasteiger partial charge in [-0.25, -0.2) is 9.59 Å². The molecular weight excluding hydrogens is 292 g/mol. The first-order valence-corrected chi connectivity index (χ1v) is 8.52. The van der Waals surface area contributed by atoms with Crippen LogP contribution >= 0.6 is 11.8 Å². The number of carboxylic acid groups (broad SMARTS) is 1. The van der Waals surface area contributed by atoms with Gasteiger partial charge in [-0.2, -0.15) is 0 Å². The molecule has 0 aromatic heterocycles. The molecule has 0 spiro atoms. The summed E-state index contributed by atoms with van der Waals surface area (Å²) in [5.41, 5.74) is 0. The molecule has 7 heteroatoms. The lowest BCUT2D eigenvalue weighted by molar-refractivity contribution is -0.141. The molecule has 2 atom stereocenters. The first kappa shape index (κ1) is 18.1. The summed E-state index contributed by atoms with van der Waals surface area (Å²) in [6.07, 6.45) is 2.08. The minimum Gasteiger partial charge on any atom is -0.480 e. The number of carboxylic acids is 1. The van der Waals surface area contributed by atoms with Crippen LogP contribution in [0.25, 0.3) is 0 Å². The van der Waals surface area contributed by atoms with Crippen molar-refractivity contribution < 1.29 is 19.4 Å². The molecule has 0 aliphatic carbocycles. The third kappa shape index (κ3) is 5.39. The summed E-state index contributed by atoms with van der Waals surface area (Å²) in [4.78, 5) is 25.0. The molecule has 21 heavy (non-hydrogen) atoms. The van der Waals surface area contributed by atoms with Gasteiger partial charge in [-0.3, -0.25) is 4.90 Å². The second kappa shape index (κ2) is 9.15. The molecule has 2 N–H and O–H groups in total. The number of nitrogens with zero attached hydrogens (tertiary/aromatic N) is 1. The zero-order chi connectivity index (χ0) is 15.8. The maximum Gasteiger partial charge on any atom is 0.327 e. The van der Waals surface area contributed by atoms with Crippen molar-refractivity contribution in [3.8, 4) is 0 Å². The Morgan fingerprint density at radius 2 is 2.14 bits per heavy atom. The van der Waals surface area contributed by atoms with Crippen LogP contribution in [0.1, 0.15) is 33.6 Å². The van der Waals surface area contributed by atoms with Crippen LogP contribution < -0.4 is 5.32 Å². The third-order valence-electron chi connectivity index (χ3n) is 3.29. The Morgan fingerprint density at radius 1 is 1.43 bits per heavy atom. The maximum absolute atomic E-state index is 12.2. The van der Waals surface area contributed by atoms with Gasteiger partial charge in [0.15, 0.2) is 0 Å². The van der Waals surface area contributed by atoms with E-state index in [-0.39, 0.29) is 17.3 Å². The molecule has 2 unspecified atom stereocenters. The average molecular weight is 318 g/mol. The molecule has 2 amide bonds. The number of carbonyl (C=O) groups excluding carboxylic acids is 1. The van der Waals surface area contributed by atoms with Crippen LogP contribution in [0.2, 0.25) is 0 Å². The number of hydrogen-bond acceptors (Lipinski definition) is 4. The lowest BCUT2D eigenvalue weighted by Gasteiger charge is -2.29. The van der Waals surface area contributed by atoms with Gasteiger partial charge >= 0.3 is 12.0 Å². The Hall–Kier alpha value is -0.950. The molecular formula is C14H26N2O4S. The summed E-state index contributed by atoms with van der Waals surface area (Å²) in [5.74, 6) is -0.288. The van der Waals surface area contributed by atoms with Gasteiger partial charge in [-0.05, 0) is 12.3 Å². The number of amides is 2. The molecule has 0 bridgehead atoms. The number of urea groups is 1. The molecule has 1 heterocycles. The lowest BCUT2D eigenvalue weighted by Crippen LogP contribution is -2.51. The van der Waals surface area contributed by atoms with E-state index in [0.717, 1.165) is 12.8 Å². The van der Waals surface area contributed by atoms with E-state index in [1.165, 1.54) is 16.7 Å². The topological polar surface area (TPSA) is 78.9 Å². The molecule has 1 rings (SSSR count). The number of unbranched alkanes of at least 4 members (excludes halogenated alkanes) is 1. The Kier molecular flexibility index (Phi) is 7.88. The van der Waals surface area contributed by atoms with Crippen LogP contribution in [0, 0.1) is 5.92 Å². The lowest BCUT2D eigenvalue weighted by atomic mass is 10.2. The van der Waals surface area contributed by atoms with Gasteiger partial charge in [-0.15, -0.1) is 11.8 Å². The summed E-state index contributed by atoms with van der Waals surface area (Å²) >= 11 is 1.53. The molecule has 1 fully saturated rings. The number of thioether (sulfide) groups is 1. The molecule has 1 aliphatic rings. The van der Waals surface area contributed by atoms with Crippen molar-refractivity contribution in [2.75, 3.05) is 25.5 Å². The normalized spacial score (nSPS) is 21.8. The van der Waals surface area contributed by atoms with E-state index >= 15 is 0 Å². The van der Waals surface area contributed by atoms with Gasteiger partial charge in [0.05, 0.1) is 12.0 Å². The summed E-state index contributed by atoms with van der Waals surface area (Å²) in [6, 6.07) is -1.06. The van der Waals surface area contributed by atoms with Gasteiger partial charge in [0.2, 0.25) is 0 Å². The second-order valence-electron chi connectivity index (χ2n) is 5.43. The molecule has 0 aromatic rings. The SMILES string of the molecule is CCCCOCCNC(=O)N1C(C(=O)O)CSC1C(C)C. The fourth-order valence-corrected chi connectivity index (χ4v) is 3.63. The molecule has 0 aromatic carbocycles. The molecule has 122 valence electrons. The average Bonchev–Trinajstić information content (AvgIpc) is 2.87.